The number of amides is 1. The number of hydrogen-bond acceptors (Lipinski definition) is 4. The molecule has 0 rings (SSSR count). The number of carbonyl (C=O) groups is 2. The van der Waals surface area contributed by atoms with E-state index >= 15 is 0 Å². The van der Waals surface area contributed by atoms with Crippen LogP contribution in [0, 0.1) is 5.92 Å². The molecule has 1 amide bonds. The highest BCUT2D eigenvalue weighted by Crippen LogP contribution is 2.15. The molecular formula is C12H23NO5S. The number of carboxylic acids is 1. The van der Waals surface area contributed by atoms with Gasteiger partial charge in [0, 0.05) is 19.2 Å². The third-order valence-electron chi connectivity index (χ3n) is 3.25. The van der Waals surface area contributed by atoms with Crippen LogP contribution in [0.4, 0.5) is 0 Å². The van der Waals surface area contributed by atoms with Crippen molar-refractivity contribution in [3.05, 3.63) is 0 Å². The number of carboxylic acid groups (broad SMARTS) is 1. The first-order chi connectivity index (χ1) is 8.48. The van der Waals surface area contributed by atoms with Crippen LogP contribution in [0.15, 0.2) is 0 Å². The third kappa shape index (κ3) is 6.04. The van der Waals surface area contributed by atoms with E-state index in [1.165, 1.54) is 13.8 Å². The Bertz CT molecular complexity index is 427. The molecule has 19 heavy (non-hydrogen) atoms. The van der Waals surface area contributed by atoms with Gasteiger partial charge in [0.1, 0.15) is 4.75 Å². The van der Waals surface area contributed by atoms with Crippen LogP contribution in [0.25, 0.3) is 0 Å². The van der Waals surface area contributed by atoms with Crippen LogP contribution in [0.5, 0.6) is 0 Å². The molecular weight excluding hydrogens is 270 g/mol. The highest BCUT2D eigenvalue weighted by Gasteiger charge is 2.38. The minimum atomic E-state index is -3.46. The molecule has 0 fully saturated rings. The van der Waals surface area contributed by atoms with Gasteiger partial charge in [-0.2, -0.15) is 0 Å². The largest absolute Gasteiger partial charge is 0.481 e. The van der Waals surface area contributed by atoms with Crippen LogP contribution >= 0.6 is 0 Å². The maximum atomic E-state index is 11.8. The molecule has 1 atom stereocenters. The molecule has 6 nitrogen and oxygen atoms in total. The summed E-state index contributed by atoms with van der Waals surface area (Å²) in [7, 11) is -3.46. The molecule has 2 N–H and O–H groups in total. The van der Waals surface area contributed by atoms with Crippen LogP contribution in [0.3, 0.4) is 0 Å². The zero-order valence-electron chi connectivity index (χ0n) is 11.9. The molecule has 0 aromatic carbocycles. The Morgan fingerprint density at radius 1 is 1.26 bits per heavy atom. The molecule has 0 saturated carbocycles. The Labute approximate surface area is 114 Å². The van der Waals surface area contributed by atoms with E-state index < -0.39 is 26.5 Å². The Morgan fingerprint density at radius 2 is 1.79 bits per heavy atom. The Morgan fingerprint density at radius 3 is 2.21 bits per heavy atom. The zero-order valence-corrected chi connectivity index (χ0v) is 12.7. The second-order valence-corrected chi connectivity index (χ2v) is 7.93. The lowest BCUT2D eigenvalue weighted by Crippen LogP contribution is -2.47. The van der Waals surface area contributed by atoms with Crippen molar-refractivity contribution in [3.63, 3.8) is 0 Å². The average Bonchev–Trinajstić information content (AvgIpc) is 2.24. The van der Waals surface area contributed by atoms with Crippen molar-refractivity contribution >= 4 is 21.7 Å². The van der Waals surface area contributed by atoms with Crippen molar-refractivity contribution in [1.82, 2.24) is 5.32 Å². The summed E-state index contributed by atoms with van der Waals surface area (Å²) < 4.78 is 21.4. The maximum Gasteiger partial charge on any atom is 0.303 e. The van der Waals surface area contributed by atoms with Gasteiger partial charge in [-0.3, -0.25) is 9.59 Å². The van der Waals surface area contributed by atoms with Gasteiger partial charge in [-0.15, -0.1) is 0 Å². The van der Waals surface area contributed by atoms with E-state index in [0.717, 1.165) is 6.26 Å². The van der Waals surface area contributed by atoms with Gasteiger partial charge in [0.25, 0.3) is 0 Å². The lowest BCUT2D eigenvalue weighted by Gasteiger charge is -2.22. The SMILES string of the molecule is CC(CCNC(=O)C(C)(C)S(C)(=O)=O)CCC(=O)O. The van der Waals surface area contributed by atoms with Crippen molar-refractivity contribution in [1.29, 1.82) is 0 Å². The summed E-state index contributed by atoms with van der Waals surface area (Å²) in [5.41, 5.74) is 0. The summed E-state index contributed by atoms with van der Waals surface area (Å²) in [5, 5.41) is 11.1. The molecule has 0 bridgehead atoms. The first-order valence-corrected chi connectivity index (χ1v) is 8.07. The summed E-state index contributed by atoms with van der Waals surface area (Å²) in [6.45, 7) is 4.98. The average molecular weight is 293 g/mol. The van der Waals surface area contributed by atoms with E-state index in [4.69, 9.17) is 5.11 Å². The van der Waals surface area contributed by atoms with Gasteiger partial charge in [-0.1, -0.05) is 6.92 Å². The van der Waals surface area contributed by atoms with E-state index in [9.17, 15) is 18.0 Å². The first-order valence-electron chi connectivity index (χ1n) is 6.18. The third-order valence-corrected chi connectivity index (χ3v) is 5.29. The quantitative estimate of drug-likeness (QED) is 0.690. The van der Waals surface area contributed by atoms with Gasteiger partial charge >= 0.3 is 5.97 Å². The molecule has 7 heteroatoms. The topological polar surface area (TPSA) is 101 Å². The molecule has 0 aliphatic carbocycles. The molecule has 0 aromatic rings. The summed E-state index contributed by atoms with van der Waals surface area (Å²) in [4.78, 5) is 22.2. The summed E-state index contributed by atoms with van der Waals surface area (Å²) >= 11 is 0. The molecule has 0 aliphatic heterocycles. The fourth-order valence-electron chi connectivity index (χ4n) is 1.33. The van der Waals surface area contributed by atoms with Gasteiger partial charge < -0.3 is 10.4 Å². The zero-order chi connectivity index (χ0) is 15.3. The highest BCUT2D eigenvalue weighted by molar-refractivity contribution is 7.92. The smallest absolute Gasteiger partial charge is 0.303 e. The van der Waals surface area contributed by atoms with Crippen LogP contribution in [0.2, 0.25) is 0 Å². The number of sulfone groups is 1. The Hall–Kier alpha value is -1.11. The molecule has 112 valence electrons. The number of hydrogen-bond donors (Lipinski definition) is 2. The van der Waals surface area contributed by atoms with Crippen LogP contribution in [0.1, 0.15) is 40.0 Å². The van der Waals surface area contributed by atoms with E-state index in [-0.39, 0.29) is 12.3 Å². The molecule has 0 heterocycles. The summed E-state index contributed by atoms with van der Waals surface area (Å²) in [6.07, 6.45) is 2.30. The van der Waals surface area contributed by atoms with E-state index in [1.54, 1.807) is 0 Å². The lowest BCUT2D eigenvalue weighted by molar-refractivity contribution is -0.137. The normalized spacial score (nSPS) is 13.9. The minimum Gasteiger partial charge on any atom is -0.481 e. The maximum absolute atomic E-state index is 11.8. The number of nitrogens with one attached hydrogen (secondary N) is 1. The first kappa shape index (κ1) is 17.9. The van der Waals surface area contributed by atoms with Crippen LogP contribution < -0.4 is 5.32 Å². The lowest BCUT2D eigenvalue weighted by atomic mass is 10.0. The van der Waals surface area contributed by atoms with Crippen molar-refractivity contribution in [2.75, 3.05) is 12.8 Å². The molecule has 1 unspecified atom stereocenters. The molecule has 0 aliphatic rings. The van der Waals surface area contributed by atoms with Crippen molar-refractivity contribution < 1.29 is 23.1 Å². The van der Waals surface area contributed by atoms with Crippen LogP contribution in [-0.2, 0) is 19.4 Å². The van der Waals surface area contributed by atoms with Gasteiger partial charge in [-0.25, -0.2) is 8.42 Å². The monoisotopic (exact) mass is 293 g/mol. The van der Waals surface area contributed by atoms with E-state index in [1.807, 2.05) is 6.92 Å². The summed E-state index contributed by atoms with van der Waals surface area (Å²) in [6, 6.07) is 0. The van der Waals surface area contributed by atoms with Gasteiger partial charge in [-0.05, 0) is 32.6 Å². The standard InChI is InChI=1S/C12H23NO5S/c1-9(5-6-10(14)15)7-8-13-11(16)12(2,3)19(4,17)18/h9H,5-8H2,1-4H3,(H,13,16)(H,14,15). The predicted molar refractivity (Wildman–Crippen MR) is 72.6 cm³/mol. The second kappa shape index (κ2) is 6.88. The minimum absolute atomic E-state index is 0.101. The number of carbonyl (C=O) groups excluding carboxylic acids is 1. The Kier molecular flexibility index (Phi) is 6.48. The van der Waals surface area contributed by atoms with Crippen molar-refractivity contribution in [3.8, 4) is 0 Å². The van der Waals surface area contributed by atoms with E-state index in [0.29, 0.717) is 19.4 Å². The predicted octanol–water partition coefficient (Wildman–Crippen LogP) is 0.817. The molecule has 0 spiro atoms. The fraction of sp³-hybridized carbons (Fsp3) is 0.833. The van der Waals surface area contributed by atoms with Gasteiger partial charge in [0.15, 0.2) is 9.84 Å². The molecule has 0 aromatic heterocycles. The van der Waals surface area contributed by atoms with Crippen molar-refractivity contribution in [2.24, 2.45) is 5.92 Å². The molecule has 0 saturated heterocycles. The number of rotatable bonds is 8. The Balaban J connectivity index is 4.15. The second-order valence-electron chi connectivity index (χ2n) is 5.36. The van der Waals surface area contributed by atoms with Gasteiger partial charge in [0.05, 0.1) is 0 Å². The highest BCUT2D eigenvalue weighted by atomic mass is 32.2. The van der Waals surface area contributed by atoms with E-state index in [2.05, 4.69) is 5.32 Å². The van der Waals surface area contributed by atoms with Gasteiger partial charge in [0.2, 0.25) is 5.91 Å². The van der Waals surface area contributed by atoms with Crippen LogP contribution in [-0.4, -0.2) is 42.9 Å². The van der Waals surface area contributed by atoms with Crippen molar-refractivity contribution in [2.45, 2.75) is 44.8 Å². The summed E-state index contributed by atoms with van der Waals surface area (Å²) in [5.74, 6) is -1.20. The fourth-order valence-corrected chi connectivity index (χ4v) is 1.74. The molecule has 0 radical (unpaired) electrons. The number of aliphatic carboxylic acids is 1.